The van der Waals surface area contributed by atoms with Crippen LogP contribution < -0.4 is 9.47 Å². The fourth-order valence-corrected chi connectivity index (χ4v) is 3.86. The van der Waals surface area contributed by atoms with Crippen molar-refractivity contribution < 1.29 is 14.3 Å². The Labute approximate surface area is 163 Å². The van der Waals surface area contributed by atoms with E-state index in [9.17, 15) is 4.79 Å². The first-order valence-electron chi connectivity index (χ1n) is 8.48. The zero-order valence-electron chi connectivity index (χ0n) is 15.0. The van der Waals surface area contributed by atoms with Crippen molar-refractivity contribution in [3.05, 3.63) is 58.1 Å². The molecule has 1 heterocycles. The van der Waals surface area contributed by atoms with E-state index in [4.69, 9.17) is 21.1 Å². The number of benzene rings is 2. The summed E-state index contributed by atoms with van der Waals surface area (Å²) in [6.45, 7) is 3.72. The third-order valence-corrected chi connectivity index (χ3v) is 5.39. The van der Waals surface area contributed by atoms with E-state index >= 15 is 0 Å². The number of amides is 1. The highest BCUT2D eigenvalue weighted by Gasteiger charge is 2.17. The number of nitrogens with zero attached hydrogens (tertiary/aromatic N) is 1. The number of halogens is 1. The Kier molecular flexibility index (Phi) is 6.33. The number of hydrogen-bond acceptors (Lipinski definition) is 4. The van der Waals surface area contributed by atoms with E-state index in [-0.39, 0.29) is 5.91 Å². The maximum atomic E-state index is 12.3. The summed E-state index contributed by atoms with van der Waals surface area (Å²) in [7, 11) is 1.84. The minimum atomic E-state index is 0.110. The molecule has 0 atom stereocenters. The quantitative estimate of drug-likeness (QED) is 0.735. The topological polar surface area (TPSA) is 38.8 Å². The summed E-state index contributed by atoms with van der Waals surface area (Å²) >= 11 is 7.82. The molecule has 0 radical (unpaired) electrons. The van der Waals surface area contributed by atoms with E-state index in [1.807, 2.05) is 19.2 Å². The normalized spacial score (nSPS) is 12.7. The minimum absolute atomic E-state index is 0.110. The molecule has 138 valence electrons. The lowest BCUT2D eigenvalue weighted by molar-refractivity contribution is -0.127. The van der Waals surface area contributed by atoms with Crippen LogP contribution in [0.2, 0.25) is 5.02 Å². The van der Waals surface area contributed by atoms with Crippen LogP contribution in [0.1, 0.15) is 16.7 Å². The molecule has 0 saturated carbocycles. The van der Waals surface area contributed by atoms with E-state index in [1.165, 1.54) is 5.56 Å². The van der Waals surface area contributed by atoms with Gasteiger partial charge in [0, 0.05) is 19.3 Å². The zero-order chi connectivity index (χ0) is 18.5. The van der Waals surface area contributed by atoms with Gasteiger partial charge >= 0.3 is 0 Å². The van der Waals surface area contributed by atoms with Crippen molar-refractivity contribution in [2.75, 3.05) is 26.0 Å². The monoisotopic (exact) mass is 391 g/mol. The Morgan fingerprint density at radius 1 is 1.15 bits per heavy atom. The summed E-state index contributed by atoms with van der Waals surface area (Å²) in [6, 6.07) is 12.1. The van der Waals surface area contributed by atoms with Crippen LogP contribution in [0.25, 0.3) is 0 Å². The lowest BCUT2D eigenvalue weighted by Gasteiger charge is -2.20. The van der Waals surface area contributed by atoms with Crippen molar-refractivity contribution in [3.63, 3.8) is 0 Å². The van der Waals surface area contributed by atoms with Crippen LogP contribution >= 0.6 is 23.4 Å². The van der Waals surface area contributed by atoms with Crippen LogP contribution in [0.15, 0.2) is 36.4 Å². The maximum Gasteiger partial charge on any atom is 0.232 e. The summed E-state index contributed by atoms with van der Waals surface area (Å²) in [5.74, 6) is 2.52. The van der Waals surface area contributed by atoms with E-state index < -0.39 is 0 Å². The van der Waals surface area contributed by atoms with Gasteiger partial charge in [-0.05, 0) is 30.2 Å². The molecule has 1 amide bonds. The summed E-state index contributed by atoms with van der Waals surface area (Å²) in [4.78, 5) is 14.1. The molecular weight excluding hydrogens is 370 g/mol. The van der Waals surface area contributed by atoms with Gasteiger partial charge in [-0.3, -0.25) is 4.79 Å². The fourth-order valence-electron chi connectivity index (χ4n) is 2.67. The first kappa shape index (κ1) is 18.9. The summed E-state index contributed by atoms with van der Waals surface area (Å²) in [5, 5.41) is 0.556. The SMILES string of the molecule is Cc1ccc(CN(C)C(=O)CSCc2cc(Cl)c3c(c2)OCCO3)cc1. The molecule has 0 aromatic heterocycles. The highest BCUT2D eigenvalue weighted by Crippen LogP contribution is 2.39. The Bertz CT molecular complexity index is 779. The lowest BCUT2D eigenvalue weighted by atomic mass is 10.1. The fraction of sp³-hybridized carbons (Fsp3) is 0.350. The van der Waals surface area contributed by atoms with Gasteiger partial charge in [-0.1, -0.05) is 41.4 Å². The van der Waals surface area contributed by atoms with Crippen molar-refractivity contribution in [1.82, 2.24) is 4.90 Å². The van der Waals surface area contributed by atoms with Gasteiger partial charge in [-0.2, -0.15) is 0 Å². The van der Waals surface area contributed by atoms with Crippen molar-refractivity contribution in [3.8, 4) is 11.5 Å². The van der Waals surface area contributed by atoms with Crippen LogP contribution in [-0.2, 0) is 17.1 Å². The molecule has 0 unspecified atom stereocenters. The van der Waals surface area contributed by atoms with Gasteiger partial charge in [0.05, 0.1) is 10.8 Å². The molecule has 0 spiro atoms. The number of thioether (sulfide) groups is 1. The van der Waals surface area contributed by atoms with Gasteiger partial charge in [0.2, 0.25) is 5.91 Å². The highest BCUT2D eigenvalue weighted by atomic mass is 35.5. The smallest absolute Gasteiger partial charge is 0.232 e. The largest absolute Gasteiger partial charge is 0.486 e. The van der Waals surface area contributed by atoms with Crippen molar-refractivity contribution in [1.29, 1.82) is 0 Å². The van der Waals surface area contributed by atoms with Crippen molar-refractivity contribution in [2.24, 2.45) is 0 Å². The molecule has 0 fully saturated rings. The number of aryl methyl sites for hydroxylation is 1. The molecular formula is C20H22ClNO3S. The first-order chi connectivity index (χ1) is 12.5. The second-order valence-electron chi connectivity index (χ2n) is 6.33. The summed E-state index contributed by atoms with van der Waals surface area (Å²) < 4.78 is 11.1. The van der Waals surface area contributed by atoms with E-state index in [2.05, 4.69) is 31.2 Å². The molecule has 26 heavy (non-hydrogen) atoms. The predicted octanol–water partition coefficient (Wildman–Crippen LogP) is 4.31. The Morgan fingerprint density at radius 2 is 1.88 bits per heavy atom. The van der Waals surface area contributed by atoms with E-state index in [1.54, 1.807) is 16.7 Å². The van der Waals surface area contributed by atoms with Crippen molar-refractivity contribution in [2.45, 2.75) is 19.2 Å². The molecule has 1 aliphatic rings. The zero-order valence-corrected chi connectivity index (χ0v) is 16.5. The van der Waals surface area contributed by atoms with Gasteiger partial charge in [0.25, 0.3) is 0 Å². The number of fused-ring (bicyclic) bond motifs is 1. The molecule has 0 aliphatic carbocycles. The first-order valence-corrected chi connectivity index (χ1v) is 10.0. The molecule has 1 aliphatic heterocycles. The van der Waals surface area contributed by atoms with Crippen LogP contribution in [0, 0.1) is 6.92 Å². The van der Waals surface area contributed by atoms with Crippen LogP contribution in [0.4, 0.5) is 0 Å². The van der Waals surface area contributed by atoms with Crippen LogP contribution in [0.3, 0.4) is 0 Å². The predicted molar refractivity (Wildman–Crippen MR) is 106 cm³/mol. The van der Waals surface area contributed by atoms with Gasteiger partial charge in [0.1, 0.15) is 13.2 Å². The van der Waals surface area contributed by atoms with E-state index in [0.29, 0.717) is 47.8 Å². The van der Waals surface area contributed by atoms with Crippen LogP contribution in [-0.4, -0.2) is 36.8 Å². The molecule has 2 aromatic carbocycles. The van der Waals surface area contributed by atoms with E-state index in [0.717, 1.165) is 11.1 Å². The molecule has 4 nitrogen and oxygen atoms in total. The highest BCUT2D eigenvalue weighted by molar-refractivity contribution is 7.99. The molecule has 3 rings (SSSR count). The van der Waals surface area contributed by atoms with Gasteiger partial charge < -0.3 is 14.4 Å². The third-order valence-electron chi connectivity index (χ3n) is 4.12. The lowest BCUT2D eigenvalue weighted by Crippen LogP contribution is -2.27. The molecule has 0 N–H and O–H groups in total. The van der Waals surface area contributed by atoms with Gasteiger partial charge in [0.15, 0.2) is 11.5 Å². The molecule has 6 heteroatoms. The summed E-state index contributed by atoms with van der Waals surface area (Å²) in [6.07, 6.45) is 0. The molecule has 2 aromatic rings. The number of carbonyl (C=O) groups is 1. The summed E-state index contributed by atoms with van der Waals surface area (Å²) in [5.41, 5.74) is 3.38. The number of rotatable bonds is 6. The minimum Gasteiger partial charge on any atom is -0.486 e. The second kappa shape index (κ2) is 8.69. The average Bonchev–Trinajstić information content (AvgIpc) is 2.63. The Balaban J connectivity index is 1.50. The van der Waals surface area contributed by atoms with Gasteiger partial charge in [-0.25, -0.2) is 0 Å². The standard InChI is InChI=1S/C20H22ClNO3S/c1-14-3-5-15(6-4-14)11-22(2)19(23)13-26-12-16-9-17(21)20-18(10-16)24-7-8-25-20/h3-6,9-10H,7-8,11-13H2,1-2H3. The Morgan fingerprint density at radius 3 is 2.65 bits per heavy atom. The third kappa shape index (κ3) is 4.86. The van der Waals surface area contributed by atoms with Crippen molar-refractivity contribution >= 4 is 29.3 Å². The number of ether oxygens (including phenoxy) is 2. The number of carbonyl (C=O) groups excluding carboxylic acids is 1. The average molecular weight is 392 g/mol. The maximum absolute atomic E-state index is 12.3. The Hall–Kier alpha value is -1.85. The number of hydrogen-bond donors (Lipinski definition) is 0. The van der Waals surface area contributed by atoms with Crippen LogP contribution in [0.5, 0.6) is 11.5 Å². The molecule has 0 bridgehead atoms. The second-order valence-corrected chi connectivity index (χ2v) is 7.72. The van der Waals surface area contributed by atoms with Gasteiger partial charge in [-0.15, -0.1) is 11.8 Å². The molecule has 0 saturated heterocycles.